The Labute approximate surface area is 135 Å². The van der Waals surface area contributed by atoms with Crippen molar-refractivity contribution in [3.05, 3.63) is 28.2 Å². The maximum absolute atomic E-state index is 12.0. The number of carbonyl (C=O) groups is 2. The van der Waals surface area contributed by atoms with Gasteiger partial charge in [-0.15, -0.1) is 0 Å². The van der Waals surface area contributed by atoms with Crippen LogP contribution in [-0.2, 0) is 9.59 Å². The smallest absolute Gasteiger partial charge is 0.226 e. The Balaban J connectivity index is 2.63. The van der Waals surface area contributed by atoms with Crippen molar-refractivity contribution in [3.8, 4) is 0 Å². The fraction of sp³-hybridized carbons (Fsp3) is 0.500. The SMILES string of the molecule is CC(=O)N(CCC(=O)Nc1ccc(Br)cc1C)C(C)(C)C. The van der Waals surface area contributed by atoms with Gasteiger partial charge in [-0.3, -0.25) is 9.59 Å². The minimum absolute atomic E-state index is 0.0184. The first-order valence-corrected chi connectivity index (χ1v) is 7.75. The number of nitrogens with zero attached hydrogens (tertiary/aromatic N) is 1. The summed E-state index contributed by atoms with van der Waals surface area (Å²) in [7, 11) is 0. The van der Waals surface area contributed by atoms with Gasteiger partial charge in [0, 0.05) is 35.6 Å². The van der Waals surface area contributed by atoms with Crippen LogP contribution in [0.1, 0.15) is 39.7 Å². The summed E-state index contributed by atoms with van der Waals surface area (Å²) in [5.74, 6) is -0.106. The molecule has 1 rings (SSSR count). The average molecular weight is 355 g/mol. The number of anilines is 1. The van der Waals surface area contributed by atoms with Crippen molar-refractivity contribution < 1.29 is 9.59 Å². The van der Waals surface area contributed by atoms with Crippen LogP contribution < -0.4 is 5.32 Å². The van der Waals surface area contributed by atoms with Gasteiger partial charge in [-0.2, -0.15) is 0 Å². The topological polar surface area (TPSA) is 49.4 Å². The molecule has 1 aromatic rings. The Hall–Kier alpha value is -1.36. The third-order valence-electron chi connectivity index (χ3n) is 3.21. The van der Waals surface area contributed by atoms with Crippen molar-refractivity contribution in [2.45, 2.75) is 46.6 Å². The highest BCUT2D eigenvalue weighted by molar-refractivity contribution is 9.10. The number of nitrogens with one attached hydrogen (secondary N) is 1. The molecule has 0 bridgehead atoms. The first kappa shape index (κ1) is 17.7. The van der Waals surface area contributed by atoms with Crippen LogP contribution in [0.25, 0.3) is 0 Å². The van der Waals surface area contributed by atoms with Crippen LogP contribution in [0.15, 0.2) is 22.7 Å². The fourth-order valence-electron chi connectivity index (χ4n) is 2.16. The zero-order chi connectivity index (χ0) is 16.2. The lowest BCUT2D eigenvalue weighted by molar-refractivity contribution is -0.134. The largest absolute Gasteiger partial charge is 0.338 e. The number of rotatable bonds is 4. The molecule has 1 N–H and O–H groups in total. The molecule has 4 nitrogen and oxygen atoms in total. The molecule has 0 spiro atoms. The molecule has 116 valence electrons. The first-order valence-electron chi connectivity index (χ1n) is 6.95. The molecule has 0 fully saturated rings. The second-order valence-corrected chi connectivity index (χ2v) is 7.01. The molecule has 0 saturated heterocycles. The van der Waals surface area contributed by atoms with Crippen LogP contribution >= 0.6 is 15.9 Å². The minimum atomic E-state index is -0.278. The van der Waals surface area contributed by atoms with Gasteiger partial charge in [0.15, 0.2) is 0 Å². The molecule has 0 aliphatic heterocycles. The Morgan fingerprint density at radius 2 is 1.90 bits per heavy atom. The number of amides is 2. The number of halogens is 1. The van der Waals surface area contributed by atoms with E-state index < -0.39 is 0 Å². The van der Waals surface area contributed by atoms with Gasteiger partial charge in [0.2, 0.25) is 11.8 Å². The lowest BCUT2D eigenvalue weighted by Gasteiger charge is -2.34. The van der Waals surface area contributed by atoms with Crippen molar-refractivity contribution in [1.82, 2.24) is 4.90 Å². The Morgan fingerprint density at radius 1 is 1.29 bits per heavy atom. The molecule has 5 heteroatoms. The molecule has 0 unspecified atom stereocenters. The minimum Gasteiger partial charge on any atom is -0.338 e. The van der Waals surface area contributed by atoms with E-state index in [1.54, 1.807) is 4.90 Å². The van der Waals surface area contributed by atoms with Crippen LogP contribution in [0, 0.1) is 6.92 Å². The number of hydrogen-bond acceptors (Lipinski definition) is 2. The molecule has 0 saturated carbocycles. The van der Waals surface area contributed by atoms with E-state index in [0.29, 0.717) is 6.54 Å². The molecule has 0 aromatic heterocycles. The van der Waals surface area contributed by atoms with Crippen molar-refractivity contribution in [3.63, 3.8) is 0 Å². The molecule has 1 aromatic carbocycles. The highest BCUT2D eigenvalue weighted by Gasteiger charge is 2.24. The molecule has 0 radical (unpaired) electrons. The van der Waals surface area contributed by atoms with Crippen molar-refractivity contribution in [1.29, 1.82) is 0 Å². The van der Waals surface area contributed by atoms with Gasteiger partial charge < -0.3 is 10.2 Å². The van der Waals surface area contributed by atoms with E-state index in [1.165, 1.54) is 6.92 Å². The summed E-state index contributed by atoms with van der Waals surface area (Å²) in [6.07, 6.45) is 0.284. The normalized spacial score (nSPS) is 11.1. The molecule has 2 amide bonds. The van der Waals surface area contributed by atoms with Crippen LogP contribution in [0.5, 0.6) is 0 Å². The van der Waals surface area contributed by atoms with Crippen LogP contribution in [0.3, 0.4) is 0 Å². The van der Waals surface area contributed by atoms with Gasteiger partial charge in [-0.25, -0.2) is 0 Å². The summed E-state index contributed by atoms with van der Waals surface area (Å²) in [6, 6.07) is 5.70. The molecule has 21 heavy (non-hydrogen) atoms. The lowest BCUT2D eigenvalue weighted by Crippen LogP contribution is -2.45. The summed E-state index contributed by atoms with van der Waals surface area (Å²) in [6.45, 7) is 9.78. The summed E-state index contributed by atoms with van der Waals surface area (Å²) < 4.78 is 0.980. The van der Waals surface area contributed by atoms with Gasteiger partial charge >= 0.3 is 0 Å². The summed E-state index contributed by atoms with van der Waals surface area (Å²) >= 11 is 3.39. The van der Waals surface area contributed by atoms with Gasteiger partial charge in [0.1, 0.15) is 0 Å². The summed E-state index contributed by atoms with van der Waals surface area (Å²) in [5.41, 5.74) is 1.52. The standard InChI is InChI=1S/C16H23BrN2O2/c1-11-10-13(17)6-7-14(11)18-15(21)8-9-19(12(2)20)16(3,4)5/h6-7,10H,8-9H2,1-5H3,(H,18,21). The van der Waals surface area contributed by atoms with E-state index in [2.05, 4.69) is 21.2 Å². The second-order valence-electron chi connectivity index (χ2n) is 6.10. The third kappa shape index (κ3) is 5.50. The number of benzene rings is 1. The quantitative estimate of drug-likeness (QED) is 0.895. The van der Waals surface area contributed by atoms with Crippen molar-refractivity contribution >= 4 is 33.4 Å². The van der Waals surface area contributed by atoms with E-state index in [-0.39, 0.29) is 23.8 Å². The van der Waals surface area contributed by atoms with Gasteiger partial charge in [0.05, 0.1) is 0 Å². The predicted octanol–water partition coefficient (Wildman–Crippen LogP) is 3.73. The van der Waals surface area contributed by atoms with Gasteiger partial charge in [0.25, 0.3) is 0 Å². The van der Waals surface area contributed by atoms with E-state index in [0.717, 1.165) is 15.7 Å². The van der Waals surface area contributed by atoms with Gasteiger partial charge in [-0.05, 0) is 51.5 Å². The monoisotopic (exact) mass is 354 g/mol. The molecular formula is C16H23BrN2O2. The van der Waals surface area contributed by atoms with Crippen LogP contribution in [0.4, 0.5) is 5.69 Å². The highest BCUT2D eigenvalue weighted by Crippen LogP contribution is 2.20. The maximum Gasteiger partial charge on any atom is 0.226 e. The third-order valence-corrected chi connectivity index (χ3v) is 3.71. The molecular weight excluding hydrogens is 332 g/mol. The fourth-order valence-corrected chi connectivity index (χ4v) is 2.63. The molecule has 0 atom stereocenters. The summed E-state index contributed by atoms with van der Waals surface area (Å²) in [4.78, 5) is 25.4. The van der Waals surface area contributed by atoms with E-state index in [1.807, 2.05) is 45.9 Å². The second kappa shape index (κ2) is 7.07. The zero-order valence-corrected chi connectivity index (χ0v) is 14.9. The number of carbonyl (C=O) groups excluding carboxylic acids is 2. The molecule has 0 aliphatic carbocycles. The lowest BCUT2D eigenvalue weighted by atomic mass is 10.1. The van der Waals surface area contributed by atoms with Crippen molar-refractivity contribution in [2.75, 3.05) is 11.9 Å². The molecule has 0 heterocycles. The highest BCUT2D eigenvalue weighted by atomic mass is 79.9. The van der Waals surface area contributed by atoms with Crippen molar-refractivity contribution in [2.24, 2.45) is 0 Å². The maximum atomic E-state index is 12.0. The van der Waals surface area contributed by atoms with Crippen LogP contribution in [0.2, 0.25) is 0 Å². The zero-order valence-electron chi connectivity index (χ0n) is 13.3. The Bertz CT molecular complexity index is 536. The Kier molecular flexibility index (Phi) is 5.96. The van der Waals surface area contributed by atoms with E-state index in [4.69, 9.17) is 0 Å². The molecule has 0 aliphatic rings. The average Bonchev–Trinajstić information content (AvgIpc) is 2.30. The summed E-state index contributed by atoms with van der Waals surface area (Å²) in [5, 5.41) is 2.89. The number of aryl methyl sites for hydroxylation is 1. The van der Waals surface area contributed by atoms with E-state index in [9.17, 15) is 9.59 Å². The Morgan fingerprint density at radius 3 is 2.38 bits per heavy atom. The number of hydrogen-bond donors (Lipinski definition) is 1. The van der Waals surface area contributed by atoms with E-state index >= 15 is 0 Å². The van der Waals surface area contributed by atoms with Crippen LogP contribution in [-0.4, -0.2) is 28.8 Å². The predicted molar refractivity (Wildman–Crippen MR) is 89.3 cm³/mol. The first-order chi connectivity index (χ1) is 9.61. The van der Waals surface area contributed by atoms with Gasteiger partial charge in [-0.1, -0.05) is 15.9 Å².